The average molecular weight is 472 g/mol. The topological polar surface area (TPSA) is 91.7 Å². The fourth-order valence-corrected chi connectivity index (χ4v) is 3.88. The summed E-state index contributed by atoms with van der Waals surface area (Å²) in [4.78, 5) is 28.0. The van der Waals surface area contributed by atoms with Crippen LogP contribution in [-0.2, 0) is 9.53 Å². The van der Waals surface area contributed by atoms with Crippen LogP contribution < -0.4 is 9.80 Å². The standard InChI is InChI=1S/C23H23ClFN5O3/c24-17-4-3-5-18(12-17)30(19-6-1-2-9-27-19)21-14-26-13-20(28-21)29-10-7-23(25,8-11-29)16-33-15-22(31)32/h1-6,9,12-14H,7-8,10-11,15-16H2,(H,31,32). The zero-order chi connectivity index (χ0) is 23.3. The van der Waals surface area contributed by atoms with Crippen LogP contribution in [0.1, 0.15) is 12.8 Å². The molecule has 8 nitrogen and oxygen atoms in total. The van der Waals surface area contributed by atoms with E-state index in [0.717, 1.165) is 5.69 Å². The Bertz CT molecular complexity index is 1100. The molecule has 3 aromatic rings. The molecule has 1 aliphatic rings. The number of nitrogens with zero attached hydrogens (tertiary/aromatic N) is 5. The fraction of sp³-hybridized carbons (Fsp3) is 0.304. The predicted molar refractivity (Wildman–Crippen MR) is 123 cm³/mol. The minimum atomic E-state index is -1.56. The number of alkyl halides is 1. The van der Waals surface area contributed by atoms with E-state index < -0.39 is 18.2 Å². The molecule has 0 atom stereocenters. The van der Waals surface area contributed by atoms with E-state index in [4.69, 9.17) is 26.4 Å². The molecule has 0 saturated carbocycles. The fourth-order valence-electron chi connectivity index (χ4n) is 3.69. The van der Waals surface area contributed by atoms with E-state index in [1.165, 1.54) is 0 Å². The van der Waals surface area contributed by atoms with Crippen molar-refractivity contribution in [3.63, 3.8) is 0 Å². The Morgan fingerprint density at radius 3 is 2.70 bits per heavy atom. The number of benzene rings is 1. The molecule has 0 amide bonds. The van der Waals surface area contributed by atoms with Gasteiger partial charge in [0.1, 0.15) is 23.9 Å². The maximum atomic E-state index is 15.0. The van der Waals surface area contributed by atoms with Crippen molar-refractivity contribution in [2.75, 3.05) is 36.1 Å². The van der Waals surface area contributed by atoms with Crippen LogP contribution in [0.2, 0.25) is 5.02 Å². The number of anilines is 4. The van der Waals surface area contributed by atoms with Gasteiger partial charge in [-0.25, -0.2) is 19.2 Å². The molecule has 3 heterocycles. The lowest BCUT2D eigenvalue weighted by atomic mass is 9.94. The van der Waals surface area contributed by atoms with E-state index in [1.54, 1.807) is 24.7 Å². The molecule has 1 fully saturated rings. The Hall–Kier alpha value is -3.30. The SMILES string of the molecule is O=C(O)COCC1(F)CCN(c2cncc(N(c3cccc(Cl)c3)c3ccccn3)n2)CC1. The van der Waals surface area contributed by atoms with Crippen LogP contribution in [-0.4, -0.2) is 58.0 Å². The Kier molecular flexibility index (Phi) is 7.00. The molecule has 1 aliphatic heterocycles. The summed E-state index contributed by atoms with van der Waals surface area (Å²) < 4.78 is 20.0. The summed E-state index contributed by atoms with van der Waals surface area (Å²) in [6.07, 6.45) is 5.39. The van der Waals surface area contributed by atoms with Gasteiger partial charge in [0, 0.05) is 37.2 Å². The molecule has 0 spiro atoms. The second-order valence-electron chi connectivity index (χ2n) is 7.76. The number of aromatic nitrogens is 3. The van der Waals surface area contributed by atoms with E-state index in [1.807, 2.05) is 46.2 Å². The number of halogens is 2. The molecule has 10 heteroatoms. The van der Waals surface area contributed by atoms with Crippen molar-refractivity contribution in [3.05, 3.63) is 66.1 Å². The van der Waals surface area contributed by atoms with Crippen LogP contribution in [0.3, 0.4) is 0 Å². The van der Waals surface area contributed by atoms with Gasteiger partial charge in [-0.05, 0) is 30.3 Å². The quantitative estimate of drug-likeness (QED) is 0.516. The van der Waals surface area contributed by atoms with Crippen molar-refractivity contribution in [2.45, 2.75) is 18.5 Å². The van der Waals surface area contributed by atoms with Crippen LogP contribution in [0.15, 0.2) is 61.1 Å². The maximum absolute atomic E-state index is 15.0. The normalized spacial score (nSPS) is 15.3. The molecule has 1 saturated heterocycles. The Labute approximate surface area is 195 Å². The van der Waals surface area contributed by atoms with Gasteiger partial charge in [-0.2, -0.15) is 0 Å². The van der Waals surface area contributed by atoms with Crippen molar-refractivity contribution in [3.8, 4) is 0 Å². The van der Waals surface area contributed by atoms with Gasteiger partial charge in [0.15, 0.2) is 5.82 Å². The van der Waals surface area contributed by atoms with Crippen molar-refractivity contribution in [2.24, 2.45) is 0 Å². The highest BCUT2D eigenvalue weighted by Gasteiger charge is 2.35. The number of ether oxygens (including phenoxy) is 1. The van der Waals surface area contributed by atoms with Gasteiger partial charge in [0.25, 0.3) is 0 Å². The van der Waals surface area contributed by atoms with Gasteiger partial charge in [0.05, 0.1) is 24.7 Å². The summed E-state index contributed by atoms with van der Waals surface area (Å²) in [5.74, 6) is 0.711. The Balaban J connectivity index is 1.55. The molecule has 1 aromatic carbocycles. The summed E-state index contributed by atoms with van der Waals surface area (Å²) in [5, 5.41) is 9.26. The summed E-state index contributed by atoms with van der Waals surface area (Å²) in [7, 11) is 0. The van der Waals surface area contributed by atoms with Gasteiger partial charge >= 0.3 is 5.97 Å². The first-order chi connectivity index (χ1) is 15.9. The molecular formula is C23H23ClFN5O3. The molecule has 4 rings (SSSR count). The van der Waals surface area contributed by atoms with Crippen molar-refractivity contribution in [1.82, 2.24) is 15.0 Å². The number of carboxylic acid groups (broad SMARTS) is 1. The van der Waals surface area contributed by atoms with Crippen molar-refractivity contribution < 1.29 is 19.0 Å². The largest absolute Gasteiger partial charge is 0.480 e. The minimum Gasteiger partial charge on any atom is -0.480 e. The van der Waals surface area contributed by atoms with E-state index in [9.17, 15) is 9.18 Å². The second kappa shape index (κ2) is 10.1. The molecule has 2 aromatic heterocycles. The first kappa shape index (κ1) is 22.9. The van der Waals surface area contributed by atoms with Crippen molar-refractivity contribution in [1.29, 1.82) is 0 Å². The molecule has 33 heavy (non-hydrogen) atoms. The molecule has 0 radical (unpaired) electrons. The molecule has 0 bridgehead atoms. The van der Waals surface area contributed by atoms with E-state index in [0.29, 0.717) is 35.6 Å². The monoisotopic (exact) mass is 471 g/mol. The molecule has 0 unspecified atom stereocenters. The highest BCUT2D eigenvalue weighted by Crippen LogP contribution is 2.34. The summed E-state index contributed by atoms with van der Waals surface area (Å²) >= 11 is 6.23. The third-order valence-corrected chi connectivity index (χ3v) is 5.59. The number of carbonyl (C=O) groups is 1. The second-order valence-corrected chi connectivity index (χ2v) is 8.20. The number of pyridine rings is 1. The Morgan fingerprint density at radius 2 is 2.00 bits per heavy atom. The van der Waals surface area contributed by atoms with Crippen LogP contribution in [0, 0.1) is 0 Å². The van der Waals surface area contributed by atoms with Crippen LogP contribution >= 0.6 is 11.6 Å². The number of piperidine rings is 1. The molecule has 1 N–H and O–H groups in total. The van der Waals surface area contributed by atoms with Crippen LogP contribution in [0.25, 0.3) is 0 Å². The zero-order valence-corrected chi connectivity index (χ0v) is 18.5. The van der Waals surface area contributed by atoms with E-state index in [2.05, 4.69) is 9.97 Å². The number of aliphatic carboxylic acids is 1. The smallest absolute Gasteiger partial charge is 0.329 e. The highest BCUT2D eigenvalue weighted by molar-refractivity contribution is 6.30. The number of carboxylic acids is 1. The Morgan fingerprint density at radius 1 is 1.18 bits per heavy atom. The summed E-state index contributed by atoms with van der Waals surface area (Å²) in [5.41, 5.74) is -0.776. The van der Waals surface area contributed by atoms with E-state index >= 15 is 0 Å². The maximum Gasteiger partial charge on any atom is 0.329 e. The summed E-state index contributed by atoms with van der Waals surface area (Å²) in [6, 6.07) is 13.0. The third kappa shape index (κ3) is 5.74. The number of rotatable bonds is 8. The van der Waals surface area contributed by atoms with Gasteiger partial charge in [-0.1, -0.05) is 23.7 Å². The van der Waals surface area contributed by atoms with Crippen molar-refractivity contribution >= 4 is 40.7 Å². The predicted octanol–water partition coefficient (Wildman–Crippen LogP) is 4.40. The lowest BCUT2D eigenvalue weighted by Gasteiger charge is -2.36. The van der Waals surface area contributed by atoms with Gasteiger partial charge < -0.3 is 14.7 Å². The number of hydrogen-bond acceptors (Lipinski definition) is 7. The molecule has 0 aliphatic carbocycles. The minimum absolute atomic E-state index is 0.205. The van der Waals surface area contributed by atoms with E-state index in [-0.39, 0.29) is 19.4 Å². The average Bonchev–Trinajstić information content (AvgIpc) is 2.80. The first-order valence-corrected chi connectivity index (χ1v) is 10.8. The summed E-state index contributed by atoms with van der Waals surface area (Å²) in [6.45, 7) is 0.0779. The number of hydrogen-bond donors (Lipinski definition) is 1. The third-order valence-electron chi connectivity index (χ3n) is 5.35. The molecular weight excluding hydrogens is 449 g/mol. The van der Waals surface area contributed by atoms with Gasteiger partial charge in [0.2, 0.25) is 0 Å². The molecule has 172 valence electrons. The first-order valence-electron chi connectivity index (χ1n) is 10.5. The zero-order valence-electron chi connectivity index (χ0n) is 17.8. The lowest BCUT2D eigenvalue weighted by molar-refractivity contribution is -0.144. The van der Waals surface area contributed by atoms with Crippen LogP contribution in [0.4, 0.5) is 27.5 Å². The highest BCUT2D eigenvalue weighted by atomic mass is 35.5. The lowest BCUT2D eigenvalue weighted by Crippen LogP contribution is -2.45. The van der Waals surface area contributed by atoms with Crippen LogP contribution in [0.5, 0.6) is 0 Å². The van der Waals surface area contributed by atoms with Gasteiger partial charge in [-0.3, -0.25) is 9.88 Å². The van der Waals surface area contributed by atoms with Gasteiger partial charge in [-0.15, -0.1) is 0 Å².